The van der Waals surface area contributed by atoms with E-state index < -0.39 is 5.97 Å². The lowest BCUT2D eigenvalue weighted by Gasteiger charge is -2.00. The molecule has 19 heavy (non-hydrogen) atoms. The summed E-state index contributed by atoms with van der Waals surface area (Å²) in [5.41, 5.74) is 0.485. The van der Waals surface area contributed by atoms with E-state index in [1.54, 1.807) is 12.1 Å². The Morgan fingerprint density at radius 1 is 1.42 bits per heavy atom. The van der Waals surface area contributed by atoms with Crippen LogP contribution >= 0.6 is 11.8 Å². The Morgan fingerprint density at radius 2 is 2.21 bits per heavy atom. The fourth-order valence-corrected chi connectivity index (χ4v) is 2.34. The summed E-state index contributed by atoms with van der Waals surface area (Å²) >= 11 is 1.53. The average Bonchev–Trinajstić information content (AvgIpc) is 2.83. The lowest BCUT2D eigenvalue weighted by Crippen LogP contribution is -2.15. The highest BCUT2D eigenvalue weighted by Crippen LogP contribution is 2.19. The summed E-state index contributed by atoms with van der Waals surface area (Å²) < 4.78 is 1.15. The number of aromatic amines is 1. The molecule has 0 aliphatic carbocycles. The SMILES string of the molecule is CSc1ccc2nc3cc(C(=O)O)[nH]n3c(=O)c2c1. The maximum atomic E-state index is 12.3. The molecule has 0 saturated carbocycles. The van der Waals surface area contributed by atoms with E-state index in [1.807, 2.05) is 12.3 Å². The third-order valence-corrected chi connectivity index (χ3v) is 3.56. The zero-order valence-electron chi connectivity index (χ0n) is 9.88. The minimum absolute atomic E-state index is 0.0648. The molecule has 0 unspecified atom stereocenters. The van der Waals surface area contributed by atoms with Gasteiger partial charge in [0.05, 0.1) is 10.9 Å². The molecule has 3 aromatic rings. The number of thioether (sulfide) groups is 1. The smallest absolute Gasteiger partial charge is 0.353 e. The number of hydrogen-bond acceptors (Lipinski definition) is 4. The van der Waals surface area contributed by atoms with Gasteiger partial charge in [0.2, 0.25) is 0 Å². The molecule has 0 bridgehead atoms. The van der Waals surface area contributed by atoms with Gasteiger partial charge >= 0.3 is 5.97 Å². The molecule has 0 fully saturated rings. The number of carbonyl (C=O) groups is 1. The van der Waals surface area contributed by atoms with Gasteiger partial charge in [0, 0.05) is 11.0 Å². The Balaban J connectivity index is 2.42. The first kappa shape index (κ1) is 11.8. The summed E-state index contributed by atoms with van der Waals surface area (Å²) in [6.45, 7) is 0. The molecule has 0 aliphatic heterocycles. The number of benzene rings is 1. The quantitative estimate of drug-likeness (QED) is 0.693. The minimum Gasteiger partial charge on any atom is -0.477 e. The zero-order chi connectivity index (χ0) is 13.6. The van der Waals surface area contributed by atoms with Gasteiger partial charge in [-0.1, -0.05) is 0 Å². The minimum atomic E-state index is -1.13. The van der Waals surface area contributed by atoms with Crippen molar-refractivity contribution in [1.82, 2.24) is 14.6 Å². The number of aromatic nitrogens is 3. The summed E-state index contributed by atoms with van der Waals surface area (Å²) in [6.07, 6.45) is 1.92. The van der Waals surface area contributed by atoms with Gasteiger partial charge in [0.15, 0.2) is 5.65 Å². The number of nitrogens with one attached hydrogen (secondary N) is 1. The number of aromatic carboxylic acids is 1. The van der Waals surface area contributed by atoms with E-state index in [1.165, 1.54) is 17.8 Å². The Bertz CT molecular complexity index is 866. The Morgan fingerprint density at radius 3 is 2.89 bits per heavy atom. The molecule has 0 radical (unpaired) electrons. The van der Waals surface area contributed by atoms with E-state index in [-0.39, 0.29) is 11.3 Å². The van der Waals surface area contributed by atoms with Gasteiger partial charge in [-0.15, -0.1) is 11.8 Å². The largest absolute Gasteiger partial charge is 0.477 e. The molecule has 2 aromatic heterocycles. The predicted molar refractivity (Wildman–Crippen MR) is 72.1 cm³/mol. The standard InChI is InChI=1S/C12H9N3O3S/c1-19-6-2-3-8-7(4-6)11(16)15-10(13-8)5-9(14-15)12(17)18/h2-5,14H,1H3,(H,17,18). The molecule has 0 atom stereocenters. The van der Waals surface area contributed by atoms with Crippen molar-refractivity contribution in [3.05, 3.63) is 40.3 Å². The second kappa shape index (κ2) is 4.13. The van der Waals surface area contributed by atoms with Crippen LogP contribution < -0.4 is 5.56 Å². The molecule has 1 aromatic carbocycles. The van der Waals surface area contributed by atoms with Crippen LogP contribution in [0.3, 0.4) is 0 Å². The fraction of sp³-hybridized carbons (Fsp3) is 0.0833. The van der Waals surface area contributed by atoms with Crippen molar-refractivity contribution in [2.24, 2.45) is 0 Å². The maximum Gasteiger partial charge on any atom is 0.353 e. The number of fused-ring (bicyclic) bond motifs is 2. The summed E-state index contributed by atoms with van der Waals surface area (Å²) in [5, 5.41) is 11.9. The number of carboxylic acid groups (broad SMARTS) is 1. The van der Waals surface area contributed by atoms with Crippen LogP contribution in [-0.2, 0) is 0 Å². The Labute approximate surface area is 111 Å². The van der Waals surface area contributed by atoms with E-state index in [9.17, 15) is 9.59 Å². The van der Waals surface area contributed by atoms with Gasteiger partial charge in [-0.25, -0.2) is 14.3 Å². The molecule has 0 aliphatic rings. The number of rotatable bonds is 2. The van der Waals surface area contributed by atoms with Gasteiger partial charge in [0.25, 0.3) is 5.56 Å². The van der Waals surface area contributed by atoms with Crippen LogP contribution in [0.4, 0.5) is 0 Å². The van der Waals surface area contributed by atoms with Crippen molar-refractivity contribution in [3.63, 3.8) is 0 Å². The van der Waals surface area contributed by atoms with Gasteiger partial charge in [0.1, 0.15) is 5.69 Å². The second-order valence-corrected chi connectivity index (χ2v) is 4.85. The Hall–Kier alpha value is -2.28. The van der Waals surface area contributed by atoms with Crippen LogP contribution in [0.1, 0.15) is 10.5 Å². The third kappa shape index (κ3) is 1.78. The maximum absolute atomic E-state index is 12.3. The first-order valence-electron chi connectivity index (χ1n) is 5.43. The molecule has 0 saturated heterocycles. The molecule has 7 heteroatoms. The van der Waals surface area contributed by atoms with Crippen molar-refractivity contribution in [1.29, 1.82) is 0 Å². The third-order valence-electron chi connectivity index (χ3n) is 2.84. The van der Waals surface area contributed by atoms with E-state index in [0.717, 1.165) is 9.41 Å². The molecule has 3 rings (SSSR count). The summed E-state index contributed by atoms with van der Waals surface area (Å²) in [4.78, 5) is 28.4. The van der Waals surface area contributed by atoms with Crippen molar-refractivity contribution in [3.8, 4) is 0 Å². The van der Waals surface area contributed by atoms with Crippen LogP contribution in [0.25, 0.3) is 16.6 Å². The summed E-state index contributed by atoms with van der Waals surface area (Å²) in [6, 6.07) is 6.73. The zero-order valence-corrected chi connectivity index (χ0v) is 10.7. The molecule has 2 heterocycles. The average molecular weight is 275 g/mol. The molecule has 0 spiro atoms. The highest BCUT2D eigenvalue weighted by Gasteiger charge is 2.12. The topological polar surface area (TPSA) is 87.5 Å². The predicted octanol–water partition coefficient (Wildman–Crippen LogP) is 1.60. The summed E-state index contributed by atoms with van der Waals surface area (Å²) in [5.74, 6) is -1.13. The number of hydrogen-bond donors (Lipinski definition) is 2. The fourth-order valence-electron chi connectivity index (χ4n) is 1.91. The summed E-state index contributed by atoms with van der Waals surface area (Å²) in [7, 11) is 0. The monoisotopic (exact) mass is 275 g/mol. The molecule has 2 N–H and O–H groups in total. The molecule has 96 valence electrons. The van der Waals surface area contributed by atoms with Gasteiger partial charge in [-0.2, -0.15) is 0 Å². The molecule has 6 nitrogen and oxygen atoms in total. The van der Waals surface area contributed by atoms with Crippen LogP contribution in [0, 0.1) is 0 Å². The lowest BCUT2D eigenvalue weighted by atomic mass is 10.2. The van der Waals surface area contributed by atoms with E-state index in [2.05, 4.69) is 10.1 Å². The molecule has 0 amide bonds. The number of nitrogens with zero attached hydrogens (tertiary/aromatic N) is 2. The van der Waals surface area contributed by atoms with Crippen molar-refractivity contribution in [2.75, 3.05) is 6.26 Å². The van der Waals surface area contributed by atoms with Crippen molar-refractivity contribution >= 4 is 34.3 Å². The number of carboxylic acids is 1. The van der Waals surface area contributed by atoms with E-state index >= 15 is 0 Å². The number of H-pyrrole nitrogens is 1. The van der Waals surface area contributed by atoms with Crippen LogP contribution in [0.2, 0.25) is 0 Å². The van der Waals surface area contributed by atoms with Crippen molar-refractivity contribution < 1.29 is 9.90 Å². The van der Waals surface area contributed by atoms with Gasteiger partial charge in [-0.05, 0) is 24.5 Å². The molecular weight excluding hydrogens is 266 g/mol. The van der Waals surface area contributed by atoms with Gasteiger partial charge in [-0.3, -0.25) is 9.89 Å². The highest BCUT2D eigenvalue weighted by molar-refractivity contribution is 7.98. The second-order valence-electron chi connectivity index (χ2n) is 3.97. The lowest BCUT2D eigenvalue weighted by molar-refractivity contribution is 0.0690. The van der Waals surface area contributed by atoms with Crippen molar-refractivity contribution in [2.45, 2.75) is 4.90 Å². The van der Waals surface area contributed by atoms with Crippen LogP contribution in [-0.4, -0.2) is 31.9 Å². The van der Waals surface area contributed by atoms with Crippen LogP contribution in [0.5, 0.6) is 0 Å². The first-order chi connectivity index (χ1) is 9.10. The normalized spacial score (nSPS) is 11.2. The first-order valence-corrected chi connectivity index (χ1v) is 6.65. The van der Waals surface area contributed by atoms with Crippen LogP contribution in [0.15, 0.2) is 34.0 Å². The molecular formula is C12H9N3O3S. The van der Waals surface area contributed by atoms with E-state index in [0.29, 0.717) is 16.6 Å². The Kier molecular flexibility index (Phi) is 2.56. The van der Waals surface area contributed by atoms with E-state index in [4.69, 9.17) is 5.11 Å². The highest BCUT2D eigenvalue weighted by atomic mass is 32.2. The van der Waals surface area contributed by atoms with Gasteiger partial charge < -0.3 is 5.11 Å².